The fourth-order valence-corrected chi connectivity index (χ4v) is 3.89. The number of aryl methyl sites for hydroxylation is 1. The molecule has 1 fully saturated rings. The number of nitrogens with one attached hydrogen (secondary N) is 1. The minimum Gasteiger partial charge on any atom is -0.382 e. The van der Waals surface area contributed by atoms with Crippen LogP contribution in [0.5, 0.6) is 0 Å². The van der Waals surface area contributed by atoms with Crippen molar-refractivity contribution in [3.8, 4) is 0 Å². The van der Waals surface area contributed by atoms with Crippen LogP contribution in [0.15, 0.2) is 42.7 Å². The average Bonchev–Trinajstić information content (AvgIpc) is 3.20. The summed E-state index contributed by atoms with van der Waals surface area (Å²) >= 11 is 0. The molecule has 1 aromatic carbocycles. The highest BCUT2D eigenvalue weighted by atomic mass is 15.3. The Morgan fingerprint density at radius 2 is 2.11 bits per heavy atom. The van der Waals surface area contributed by atoms with Gasteiger partial charge in [0.2, 0.25) is 5.65 Å². The number of hydrogen-bond acceptors (Lipinski definition) is 5. The molecule has 1 saturated heterocycles. The summed E-state index contributed by atoms with van der Waals surface area (Å²) < 4.78 is 1.77. The van der Waals surface area contributed by atoms with Gasteiger partial charge in [-0.3, -0.25) is 0 Å². The van der Waals surface area contributed by atoms with E-state index in [1.165, 1.54) is 24.9 Å². The van der Waals surface area contributed by atoms with Crippen LogP contribution in [-0.4, -0.2) is 50.9 Å². The molecule has 0 saturated carbocycles. The van der Waals surface area contributed by atoms with Gasteiger partial charge in [-0.1, -0.05) is 37.3 Å². The van der Waals surface area contributed by atoms with E-state index in [4.69, 9.17) is 0 Å². The van der Waals surface area contributed by atoms with Gasteiger partial charge in [0.05, 0.1) is 11.4 Å². The molecule has 1 unspecified atom stereocenters. The van der Waals surface area contributed by atoms with E-state index in [-0.39, 0.29) is 0 Å². The van der Waals surface area contributed by atoms with Crippen LogP contribution < -0.4 is 5.32 Å². The highest BCUT2D eigenvalue weighted by Gasteiger charge is 2.20. The minimum atomic E-state index is 0.663. The van der Waals surface area contributed by atoms with Crippen molar-refractivity contribution in [2.75, 3.05) is 31.5 Å². The monoisotopic (exact) mass is 364 g/mol. The van der Waals surface area contributed by atoms with Gasteiger partial charge in [0.15, 0.2) is 0 Å². The summed E-state index contributed by atoms with van der Waals surface area (Å²) in [5, 5.41) is 16.4. The Labute approximate surface area is 160 Å². The van der Waals surface area contributed by atoms with Gasteiger partial charge >= 0.3 is 0 Å². The normalized spacial score (nSPS) is 18.0. The zero-order valence-corrected chi connectivity index (χ0v) is 16.0. The Morgan fingerprint density at radius 1 is 1.22 bits per heavy atom. The van der Waals surface area contributed by atoms with Crippen LogP contribution in [0.4, 0.5) is 5.69 Å². The molecule has 0 aliphatic carbocycles. The van der Waals surface area contributed by atoms with Gasteiger partial charge in [0.25, 0.3) is 0 Å². The van der Waals surface area contributed by atoms with Crippen molar-refractivity contribution < 1.29 is 0 Å². The molecule has 0 radical (unpaired) electrons. The summed E-state index contributed by atoms with van der Waals surface area (Å²) in [6.45, 7) is 6.61. The van der Waals surface area contributed by atoms with E-state index < -0.39 is 0 Å². The number of piperidine rings is 1. The van der Waals surface area contributed by atoms with Crippen molar-refractivity contribution in [3.63, 3.8) is 0 Å². The van der Waals surface area contributed by atoms with Crippen molar-refractivity contribution in [1.29, 1.82) is 0 Å². The minimum absolute atomic E-state index is 0.663. The predicted molar refractivity (Wildman–Crippen MR) is 108 cm³/mol. The molecule has 1 aliphatic rings. The van der Waals surface area contributed by atoms with Crippen LogP contribution in [0.1, 0.15) is 31.0 Å². The van der Waals surface area contributed by atoms with Gasteiger partial charge in [0, 0.05) is 19.6 Å². The van der Waals surface area contributed by atoms with E-state index >= 15 is 0 Å². The molecule has 0 bridgehead atoms. The van der Waals surface area contributed by atoms with E-state index in [1.54, 1.807) is 10.8 Å². The Hall–Kier alpha value is -2.47. The summed E-state index contributed by atoms with van der Waals surface area (Å²) in [5.74, 6) is 0.663. The van der Waals surface area contributed by atoms with Gasteiger partial charge < -0.3 is 10.2 Å². The number of fused-ring (bicyclic) bond motifs is 1. The lowest BCUT2D eigenvalue weighted by Gasteiger charge is -2.33. The average molecular weight is 364 g/mol. The highest BCUT2D eigenvalue weighted by Crippen LogP contribution is 2.20. The van der Waals surface area contributed by atoms with Crippen LogP contribution in [-0.2, 0) is 12.8 Å². The lowest BCUT2D eigenvalue weighted by molar-refractivity contribution is 0.182. The third kappa shape index (κ3) is 4.45. The highest BCUT2D eigenvalue weighted by molar-refractivity contribution is 5.66. The van der Waals surface area contributed by atoms with Crippen molar-refractivity contribution >= 4 is 11.3 Å². The lowest BCUT2D eigenvalue weighted by Crippen LogP contribution is -2.39. The van der Waals surface area contributed by atoms with Crippen molar-refractivity contribution in [3.05, 3.63) is 54.0 Å². The van der Waals surface area contributed by atoms with Crippen LogP contribution in [0, 0.1) is 5.92 Å². The Balaban J connectivity index is 1.34. The lowest BCUT2D eigenvalue weighted by atomic mass is 9.97. The second-order valence-electron chi connectivity index (χ2n) is 7.43. The molecule has 3 aromatic rings. The zero-order chi connectivity index (χ0) is 18.5. The van der Waals surface area contributed by atoms with Crippen molar-refractivity contribution in [1.82, 2.24) is 24.7 Å². The topological polar surface area (TPSA) is 58.3 Å². The molecule has 3 heterocycles. The number of rotatable bonds is 7. The first-order chi connectivity index (χ1) is 13.3. The summed E-state index contributed by atoms with van der Waals surface area (Å²) in [4.78, 5) is 2.61. The van der Waals surface area contributed by atoms with Crippen LogP contribution >= 0.6 is 0 Å². The molecule has 0 spiro atoms. The van der Waals surface area contributed by atoms with Gasteiger partial charge in [-0.2, -0.15) is 9.61 Å². The SMILES string of the molecule is CCc1cc(NCC2CCCN(CCc3ccccc3)C2)c2nncn2n1. The molecule has 2 aromatic heterocycles. The predicted octanol–water partition coefficient (Wildman–Crippen LogP) is 3.05. The molecule has 0 amide bonds. The quantitative estimate of drug-likeness (QED) is 0.698. The van der Waals surface area contributed by atoms with Crippen LogP contribution in [0.2, 0.25) is 0 Å². The number of anilines is 1. The molecule has 6 heteroatoms. The molecule has 1 atom stereocenters. The van der Waals surface area contributed by atoms with Crippen LogP contribution in [0.3, 0.4) is 0 Å². The first-order valence-corrected chi connectivity index (χ1v) is 10.0. The molecular weight excluding hydrogens is 336 g/mol. The number of nitrogens with zero attached hydrogens (tertiary/aromatic N) is 5. The molecule has 27 heavy (non-hydrogen) atoms. The van der Waals surface area contributed by atoms with Crippen molar-refractivity contribution in [2.24, 2.45) is 5.92 Å². The maximum Gasteiger partial charge on any atom is 0.200 e. The van der Waals surface area contributed by atoms with Gasteiger partial charge in [-0.15, -0.1) is 10.2 Å². The molecule has 6 nitrogen and oxygen atoms in total. The third-order valence-electron chi connectivity index (χ3n) is 5.42. The first kappa shape index (κ1) is 17.9. The maximum atomic E-state index is 4.52. The molecule has 4 rings (SSSR count). The molecule has 142 valence electrons. The number of aromatic nitrogens is 4. The fraction of sp³-hybridized carbons (Fsp3) is 0.476. The number of likely N-dealkylation sites (tertiary alicyclic amines) is 1. The summed E-state index contributed by atoms with van der Waals surface area (Å²) in [5.41, 5.74) is 4.33. The van der Waals surface area contributed by atoms with E-state index in [0.29, 0.717) is 5.92 Å². The fourth-order valence-electron chi connectivity index (χ4n) is 3.89. The summed E-state index contributed by atoms with van der Waals surface area (Å²) in [6.07, 6.45) is 6.26. The smallest absolute Gasteiger partial charge is 0.200 e. The number of hydrogen-bond donors (Lipinski definition) is 1. The van der Waals surface area contributed by atoms with Gasteiger partial charge in [0.1, 0.15) is 6.33 Å². The van der Waals surface area contributed by atoms with Gasteiger partial charge in [-0.05, 0) is 49.8 Å². The Bertz CT molecular complexity index is 859. The van der Waals surface area contributed by atoms with E-state index in [9.17, 15) is 0 Å². The third-order valence-corrected chi connectivity index (χ3v) is 5.42. The summed E-state index contributed by atoms with van der Waals surface area (Å²) in [6, 6.07) is 12.9. The van der Waals surface area contributed by atoms with Gasteiger partial charge in [-0.25, -0.2) is 0 Å². The second kappa shape index (κ2) is 8.48. The molecular formula is C21H28N6. The maximum absolute atomic E-state index is 4.52. The van der Waals surface area contributed by atoms with E-state index in [2.05, 4.69) is 68.8 Å². The zero-order valence-electron chi connectivity index (χ0n) is 16.0. The van der Waals surface area contributed by atoms with Crippen molar-refractivity contribution in [2.45, 2.75) is 32.6 Å². The standard InChI is InChI=1S/C21H28N6/c1-2-19-13-20(21-24-23-16-27(21)25-19)22-14-18-9-6-11-26(15-18)12-10-17-7-4-3-5-8-17/h3-5,7-8,13,16,18,22H,2,6,9-12,14-15H2,1H3. The summed E-state index contributed by atoms with van der Waals surface area (Å²) in [7, 11) is 0. The van der Waals surface area contributed by atoms with E-state index in [0.717, 1.165) is 49.5 Å². The largest absolute Gasteiger partial charge is 0.382 e. The Morgan fingerprint density at radius 3 is 2.96 bits per heavy atom. The second-order valence-corrected chi connectivity index (χ2v) is 7.43. The first-order valence-electron chi connectivity index (χ1n) is 10.0. The molecule has 1 aliphatic heterocycles. The van der Waals surface area contributed by atoms with Crippen LogP contribution in [0.25, 0.3) is 5.65 Å². The molecule has 1 N–H and O–H groups in total. The number of benzene rings is 1. The van der Waals surface area contributed by atoms with E-state index in [1.807, 2.05) is 0 Å². The Kier molecular flexibility index (Phi) is 5.63.